The predicted molar refractivity (Wildman–Crippen MR) is 87.3 cm³/mol. The average molecular weight is 341 g/mol. The summed E-state index contributed by atoms with van der Waals surface area (Å²) in [5.74, 6) is -0.574. The molecule has 2 atom stereocenters. The molecule has 1 amide bonds. The molecule has 0 saturated carbocycles. The summed E-state index contributed by atoms with van der Waals surface area (Å²) in [7, 11) is 1.68. The molecule has 4 nitrogen and oxygen atoms in total. The first-order chi connectivity index (χ1) is 11.1. The number of hydrogen-bond acceptors (Lipinski definition) is 3. The van der Waals surface area contributed by atoms with E-state index in [2.05, 4.69) is 4.90 Å². The van der Waals surface area contributed by atoms with Crippen LogP contribution in [0.15, 0.2) is 18.2 Å². The van der Waals surface area contributed by atoms with Crippen LogP contribution in [0.4, 0.5) is 4.39 Å². The molecule has 0 aromatic heterocycles. The topological polar surface area (TPSA) is 32.8 Å². The maximum Gasteiger partial charge on any atom is 0.255 e. The highest BCUT2D eigenvalue weighted by atomic mass is 35.5. The average Bonchev–Trinajstić information content (AvgIpc) is 3.16. The zero-order valence-corrected chi connectivity index (χ0v) is 14.1. The van der Waals surface area contributed by atoms with Crippen LogP contribution in [0, 0.1) is 5.82 Å². The zero-order chi connectivity index (χ0) is 16.4. The van der Waals surface area contributed by atoms with E-state index in [-0.39, 0.29) is 23.1 Å². The van der Waals surface area contributed by atoms with Crippen LogP contribution in [0.5, 0.6) is 0 Å². The van der Waals surface area contributed by atoms with E-state index in [0.29, 0.717) is 12.1 Å². The molecule has 2 fully saturated rings. The Morgan fingerprint density at radius 3 is 2.78 bits per heavy atom. The van der Waals surface area contributed by atoms with Crippen molar-refractivity contribution in [3.05, 3.63) is 34.6 Å². The molecular formula is C17H22ClFN2O2. The summed E-state index contributed by atoms with van der Waals surface area (Å²) < 4.78 is 18.7. The summed E-state index contributed by atoms with van der Waals surface area (Å²) in [6, 6.07) is 4.05. The molecule has 0 unspecified atom stereocenters. The molecule has 1 aromatic rings. The predicted octanol–water partition coefficient (Wildman–Crippen LogP) is 2.80. The van der Waals surface area contributed by atoms with Gasteiger partial charge in [0, 0.05) is 26.2 Å². The number of methoxy groups -OCH3 is 1. The number of rotatable bonds is 4. The first-order valence-corrected chi connectivity index (χ1v) is 8.47. The van der Waals surface area contributed by atoms with Gasteiger partial charge in [0.05, 0.1) is 16.7 Å². The lowest BCUT2D eigenvalue weighted by molar-refractivity contribution is 0.0670. The third-order valence-corrected chi connectivity index (χ3v) is 5.11. The number of ether oxygens (including phenoxy) is 1. The van der Waals surface area contributed by atoms with Gasteiger partial charge in [-0.1, -0.05) is 11.6 Å². The molecule has 2 heterocycles. The summed E-state index contributed by atoms with van der Waals surface area (Å²) in [6.45, 7) is 3.60. The number of carbonyl (C=O) groups is 1. The summed E-state index contributed by atoms with van der Waals surface area (Å²) >= 11 is 6.06. The Morgan fingerprint density at radius 1 is 1.39 bits per heavy atom. The van der Waals surface area contributed by atoms with Crippen molar-refractivity contribution >= 4 is 17.5 Å². The molecule has 23 heavy (non-hydrogen) atoms. The van der Waals surface area contributed by atoms with Crippen molar-refractivity contribution in [2.45, 2.75) is 31.4 Å². The van der Waals surface area contributed by atoms with Crippen molar-refractivity contribution in [2.75, 3.05) is 33.3 Å². The maximum atomic E-state index is 13.2. The van der Waals surface area contributed by atoms with E-state index < -0.39 is 5.82 Å². The van der Waals surface area contributed by atoms with Crippen molar-refractivity contribution in [3.63, 3.8) is 0 Å². The van der Waals surface area contributed by atoms with Crippen LogP contribution in [0.1, 0.15) is 29.6 Å². The van der Waals surface area contributed by atoms with Gasteiger partial charge in [-0.15, -0.1) is 0 Å². The number of carbonyl (C=O) groups excluding carboxylic acids is 1. The standard InChI is InChI=1S/C17H22ClFN2O2/c1-23-14-9-13(10-20-6-2-3-7-20)21(11-14)17(22)15-5-4-12(19)8-16(15)18/h4-5,8,13-14H,2-3,6-7,9-11H2,1H3/t13-,14-/m0/s1. The van der Waals surface area contributed by atoms with Gasteiger partial charge in [-0.2, -0.15) is 0 Å². The lowest BCUT2D eigenvalue weighted by Crippen LogP contribution is -2.42. The van der Waals surface area contributed by atoms with Gasteiger partial charge in [0.15, 0.2) is 0 Å². The van der Waals surface area contributed by atoms with Crippen LogP contribution >= 0.6 is 11.6 Å². The van der Waals surface area contributed by atoms with E-state index in [1.165, 1.54) is 31.0 Å². The van der Waals surface area contributed by atoms with Gasteiger partial charge in [0.25, 0.3) is 5.91 Å². The summed E-state index contributed by atoms with van der Waals surface area (Å²) in [5.41, 5.74) is 0.358. The highest BCUT2D eigenvalue weighted by Gasteiger charge is 2.37. The Hall–Kier alpha value is -1.17. The van der Waals surface area contributed by atoms with Crippen molar-refractivity contribution < 1.29 is 13.9 Å². The number of nitrogens with zero attached hydrogens (tertiary/aromatic N) is 2. The molecule has 3 rings (SSSR count). The molecule has 0 radical (unpaired) electrons. The molecule has 2 saturated heterocycles. The summed E-state index contributed by atoms with van der Waals surface area (Å²) in [4.78, 5) is 17.1. The van der Waals surface area contributed by atoms with Gasteiger partial charge in [-0.25, -0.2) is 4.39 Å². The minimum atomic E-state index is -0.434. The minimum Gasteiger partial charge on any atom is -0.380 e. The number of hydrogen-bond donors (Lipinski definition) is 0. The second kappa shape index (κ2) is 7.16. The van der Waals surface area contributed by atoms with Crippen LogP contribution in [-0.4, -0.2) is 61.1 Å². The van der Waals surface area contributed by atoms with Crippen LogP contribution < -0.4 is 0 Å². The smallest absolute Gasteiger partial charge is 0.255 e. The van der Waals surface area contributed by atoms with Crippen LogP contribution in [0.25, 0.3) is 0 Å². The highest BCUT2D eigenvalue weighted by molar-refractivity contribution is 6.33. The van der Waals surface area contributed by atoms with E-state index in [1.54, 1.807) is 7.11 Å². The Kier molecular flexibility index (Phi) is 5.19. The third-order valence-electron chi connectivity index (χ3n) is 4.80. The van der Waals surface area contributed by atoms with Crippen molar-refractivity contribution in [1.82, 2.24) is 9.80 Å². The van der Waals surface area contributed by atoms with Crippen molar-refractivity contribution in [1.29, 1.82) is 0 Å². The van der Waals surface area contributed by atoms with Gasteiger partial charge >= 0.3 is 0 Å². The second-order valence-electron chi connectivity index (χ2n) is 6.34. The molecule has 126 valence electrons. The first-order valence-electron chi connectivity index (χ1n) is 8.09. The SMILES string of the molecule is CO[C@H]1C[C@@H](CN2CCCC2)N(C(=O)c2ccc(F)cc2Cl)C1. The number of amides is 1. The molecular weight excluding hydrogens is 319 g/mol. The first kappa shape index (κ1) is 16.7. The Morgan fingerprint density at radius 2 is 2.13 bits per heavy atom. The van der Waals surface area contributed by atoms with Crippen LogP contribution in [0.2, 0.25) is 5.02 Å². The van der Waals surface area contributed by atoms with E-state index >= 15 is 0 Å². The molecule has 0 aliphatic carbocycles. The van der Waals surface area contributed by atoms with E-state index in [0.717, 1.165) is 26.1 Å². The molecule has 2 aliphatic rings. The van der Waals surface area contributed by atoms with E-state index in [4.69, 9.17) is 16.3 Å². The number of likely N-dealkylation sites (tertiary alicyclic amines) is 2. The summed E-state index contributed by atoms with van der Waals surface area (Å²) in [6.07, 6.45) is 3.32. The minimum absolute atomic E-state index is 0.0470. The van der Waals surface area contributed by atoms with Gasteiger partial charge in [-0.05, 0) is 50.6 Å². The fourth-order valence-electron chi connectivity index (χ4n) is 3.55. The largest absolute Gasteiger partial charge is 0.380 e. The van der Waals surface area contributed by atoms with E-state index in [1.807, 2.05) is 4.90 Å². The second-order valence-corrected chi connectivity index (χ2v) is 6.74. The van der Waals surface area contributed by atoms with Gasteiger partial charge in [0.1, 0.15) is 5.82 Å². The lowest BCUT2D eigenvalue weighted by atomic mass is 10.1. The fraction of sp³-hybridized carbons (Fsp3) is 0.588. The number of benzene rings is 1. The quantitative estimate of drug-likeness (QED) is 0.845. The van der Waals surface area contributed by atoms with Gasteiger partial charge in [0.2, 0.25) is 0 Å². The van der Waals surface area contributed by atoms with Crippen LogP contribution in [0.3, 0.4) is 0 Å². The maximum absolute atomic E-state index is 13.2. The van der Waals surface area contributed by atoms with Crippen molar-refractivity contribution in [2.24, 2.45) is 0 Å². The lowest BCUT2D eigenvalue weighted by Gasteiger charge is -2.28. The summed E-state index contributed by atoms with van der Waals surface area (Å²) in [5, 5.41) is 0.163. The normalized spacial score (nSPS) is 25.3. The highest BCUT2D eigenvalue weighted by Crippen LogP contribution is 2.27. The Bertz CT molecular complexity index is 578. The Labute approximate surface area is 141 Å². The molecule has 0 N–H and O–H groups in total. The molecule has 2 aliphatic heterocycles. The zero-order valence-electron chi connectivity index (χ0n) is 13.3. The molecule has 0 bridgehead atoms. The fourth-order valence-corrected chi connectivity index (χ4v) is 3.80. The van der Waals surface area contributed by atoms with E-state index in [9.17, 15) is 9.18 Å². The monoisotopic (exact) mass is 340 g/mol. The third kappa shape index (κ3) is 3.67. The number of halogens is 2. The van der Waals surface area contributed by atoms with Crippen molar-refractivity contribution in [3.8, 4) is 0 Å². The van der Waals surface area contributed by atoms with Gasteiger partial charge < -0.3 is 14.5 Å². The molecule has 6 heteroatoms. The Balaban J connectivity index is 1.77. The molecule has 1 aromatic carbocycles. The molecule has 0 spiro atoms. The van der Waals surface area contributed by atoms with Crippen LogP contribution in [-0.2, 0) is 4.74 Å². The van der Waals surface area contributed by atoms with Gasteiger partial charge in [-0.3, -0.25) is 4.79 Å².